The number of benzene rings is 2. The summed E-state index contributed by atoms with van der Waals surface area (Å²) in [5.74, 6) is -1.10. The number of amides is 2. The number of hydrogen-bond acceptors (Lipinski definition) is 4. The van der Waals surface area contributed by atoms with Crippen molar-refractivity contribution in [1.82, 2.24) is 5.32 Å². The van der Waals surface area contributed by atoms with Crippen LogP contribution in [0.2, 0.25) is 0 Å². The quantitative estimate of drug-likeness (QED) is 0.454. The molecular formula is C19H18N4O2. The summed E-state index contributed by atoms with van der Waals surface area (Å²) in [5.41, 5.74) is 8.64. The van der Waals surface area contributed by atoms with Gasteiger partial charge in [0.25, 0.3) is 11.8 Å². The highest BCUT2D eigenvalue weighted by Crippen LogP contribution is 2.16. The zero-order valence-electron chi connectivity index (χ0n) is 14.0. The van der Waals surface area contributed by atoms with Crippen LogP contribution in [0.15, 0.2) is 54.2 Å². The minimum absolute atomic E-state index is 0.220. The van der Waals surface area contributed by atoms with Gasteiger partial charge in [-0.15, -0.1) is 0 Å². The first-order valence-electron chi connectivity index (χ1n) is 7.56. The number of nitriles is 1. The van der Waals surface area contributed by atoms with E-state index in [1.807, 2.05) is 26.0 Å². The third-order valence-electron chi connectivity index (χ3n) is 3.55. The number of rotatable bonds is 4. The van der Waals surface area contributed by atoms with E-state index in [1.54, 1.807) is 36.4 Å². The first kappa shape index (κ1) is 17.8. The van der Waals surface area contributed by atoms with E-state index < -0.39 is 11.8 Å². The lowest BCUT2D eigenvalue weighted by molar-refractivity contribution is -0.112. The van der Waals surface area contributed by atoms with Crippen molar-refractivity contribution < 1.29 is 9.59 Å². The minimum Gasteiger partial charge on any atom is -0.398 e. The summed E-state index contributed by atoms with van der Waals surface area (Å²) >= 11 is 0. The van der Waals surface area contributed by atoms with Crippen LogP contribution in [-0.2, 0) is 4.79 Å². The fourth-order valence-corrected chi connectivity index (χ4v) is 2.21. The van der Waals surface area contributed by atoms with E-state index in [0.717, 1.165) is 17.3 Å². The summed E-state index contributed by atoms with van der Waals surface area (Å²) < 4.78 is 0. The molecular weight excluding hydrogens is 316 g/mol. The van der Waals surface area contributed by atoms with Crippen molar-refractivity contribution in [2.75, 3.05) is 11.1 Å². The van der Waals surface area contributed by atoms with Crippen LogP contribution in [0.4, 0.5) is 11.4 Å². The molecule has 0 spiro atoms. The van der Waals surface area contributed by atoms with Gasteiger partial charge in [-0.05, 0) is 37.6 Å². The van der Waals surface area contributed by atoms with Crippen LogP contribution < -0.4 is 16.4 Å². The Labute approximate surface area is 146 Å². The van der Waals surface area contributed by atoms with Gasteiger partial charge in [-0.3, -0.25) is 9.59 Å². The maximum absolute atomic E-state index is 12.2. The number of nitrogen functional groups attached to an aromatic ring is 1. The monoisotopic (exact) mass is 334 g/mol. The Kier molecular flexibility index (Phi) is 5.54. The van der Waals surface area contributed by atoms with Crippen molar-refractivity contribution in [2.45, 2.75) is 13.8 Å². The first-order chi connectivity index (χ1) is 11.9. The lowest BCUT2D eigenvalue weighted by atomic mass is 10.1. The molecule has 0 unspecified atom stereocenters. The maximum atomic E-state index is 12.2. The van der Waals surface area contributed by atoms with Gasteiger partial charge in [-0.25, -0.2) is 0 Å². The van der Waals surface area contributed by atoms with Gasteiger partial charge in [-0.1, -0.05) is 29.8 Å². The van der Waals surface area contributed by atoms with E-state index in [1.165, 1.54) is 0 Å². The Morgan fingerprint density at radius 1 is 1.16 bits per heavy atom. The molecule has 0 radical (unpaired) electrons. The molecule has 0 aromatic heterocycles. The zero-order chi connectivity index (χ0) is 18.4. The molecule has 0 aliphatic carbocycles. The first-order valence-corrected chi connectivity index (χ1v) is 7.56. The van der Waals surface area contributed by atoms with E-state index in [4.69, 9.17) is 5.73 Å². The lowest BCUT2D eigenvalue weighted by Gasteiger charge is -2.09. The highest BCUT2D eigenvalue weighted by Gasteiger charge is 2.13. The Morgan fingerprint density at radius 3 is 2.52 bits per heavy atom. The topological polar surface area (TPSA) is 108 Å². The largest absolute Gasteiger partial charge is 0.398 e. The molecule has 2 rings (SSSR count). The molecule has 0 aliphatic rings. The number of anilines is 2. The number of hydrogen-bond donors (Lipinski definition) is 3. The molecule has 0 heterocycles. The highest BCUT2D eigenvalue weighted by atomic mass is 16.2. The van der Waals surface area contributed by atoms with E-state index >= 15 is 0 Å². The van der Waals surface area contributed by atoms with Crippen molar-refractivity contribution in [1.29, 1.82) is 5.26 Å². The molecule has 0 bridgehead atoms. The van der Waals surface area contributed by atoms with Crippen LogP contribution in [0.1, 0.15) is 21.5 Å². The third kappa shape index (κ3) is 4.45. The van der Waals surface area contributed by atoms with Gasteiger partial charge in [0, 0.05) is 17.6 Å². The second-order valence-corrected chi connectivity index (χ2v) is 5.50. The smallest absolute Gasteiger partial charge is 0.267 e. The second kappa shape index (κ2) is 7.79. The maximum Gasteiger partial charge on any atom is 0.267 e. The summed E-state index contributed by atoms with van der Waals surface area (Å²) in [5, 5.41) is 14.2. The molecule has 6 heteroatoms. The number of carbonyl (C=O) groups excluding carboxylic acids is 2. The summed E-state index contributed by atoms with van der Waals surface area (Å²) in [6.45, 7) is 3.81. The highest BCUT2D eigenvalue weighted by molar-refractivity contribution is 6.07. The van der Waals surface area contributed by atoms with Crippen molar-refractivity contribution in [3.8, 4) is 6.07 Å². The Bertz CT molecular complexity index is 895. The molecule has 0 aliphatic heterocycles. The van der Waals surface area contributed by atoms with Crippen molar-refractivity contribution >= 4 is 23.2 Å². The van der Waals surface area contributed by atoms with E-state index in [-0.39, 0.29) is 11.1 Å². The molecule has 6 nitrogen and oxygen atoms in total. The lowest BCUT2D eigenvalue weighted by Crippen LogP contribution is -2.22. The van der Waals surface area contributed by atoms with E-state index in [9.17, 15) is 14.9 Å². The molecule has 2 aromatic carbocycles. The Balaban J connectivity index is 2.12. The van der Waals surface area contributed by atoms with E-state index in [0.29, 0.717) is 11.4 Å². The molecule has 0 saturated heterocycles. The van der Waals surface area contributed by atoms with E-state index in [2.05, 4.69) is 10.6 Å². The SMILES string of the molecule is Cc1ccc(NC(=O)/C(C#N)=C\NC(=O)c2ccccc2N)c(C)c1. The molecule has 2 aromatic rings. The summed E-state index contributed by atoms with van der Waals surface area (Å²) in [7, 11) is 0. The van der Waals surface area contributed by atoms with Gasteiger partial charge in [-0.2, -0.15) is 5.26 Å². The van der Waals surface area contributed by atoms with Gasteiger partial charge in [0.15, 0.2) is 0 Å². The molecule has 4 N–H and O–H groups in total. The van der Waals surface area contributed by atoms with Gasteiger partial charge >= 0.3 is 0 Å². The Hall–Kier alpha value is -3.59. The average molecular weight is 334 g/mol. The van der Waals surface area contributed by atoms with Crippen molar-refractivity contribution in [2.24, 2.45) is 0 Å². The van der Waals surface area contributed by atoms with Crippen LogP contribution in [-0.4, -0.2) is 11.8 Å². The summed E-state index contributed by atoms with van der Waals surface area (Å²) in [4.78, 5) is 24.3. The van der Waals surface area contributed by atoms with Crippen LogP contribution >= 0.6 is 0 Å². The van der Waals surface area contributed by atoms with Crippen LogP contribution in [0, 0.1) is 25.2 Å². The van der Waals surface area contributed by atoms with Crippen molar-refractivity contribution in [3.63, 3.8) is 0 Å². The number of nitrogens with one attached hydrogen (secondary N) is 2. The zero-order valence-corrected chi connectivity index (χ0v) is 14.0. The predicted octanol–water partition coefficient (Wildman–Crippen LogP) is 2.66. The fourth-order valence-electron chi connectivity index (χ4n) is 2.21. The van der Waals surface area contributed by atoms with Gasteiger partial charge in [0.1, 0.15) is 11.6 Å². The third-order valence-corrected chi connectivity index (χ3v) is 3.55. The molecule has 2 amide bonds. The second-order valence-electron chi connectivity index (χ2n) is 5.50. The number of para-hydroxylation sites is 1. The van der Waals surface area contributed by atoms with Crippen LogP contribution in [0.25, 0.3) is 0 Å². The average Bonchev–Trinajstić information content (AvgIpc) is 2.58. The normalized spacial score (nSPS) is 10.7. The van der Waals surface area contributed by atoms with Gasteiger partial charge in [0.05, 0.1) is 5.56 Å². The fraction of sp³-hybridized carbons (Fsp3) is 0.105. The molecule has 0 atom stereocenters. The summed E-state index contributed by atoms with van der Waals surface area (Å²) in [6.07, 6.45) is 1.08. The number of nitrogens with zero attached hydrogens (tertiary/aromatic N) is 1. The number of aryl methyl sites for hydroxylation is 2. The summed E-state index contributed by atoms with van der Waals surface area (Å²) in [6, 6.07) is 13.9. The molecule has 126 valence electrons. The molecule has 25 heavy (non-hydrogen) atoms. The molecule has 0 saturated carbocycles. The van der Waals surface area contributed by atoms with Gasteiger partial charge in [0.2, 0.25) is 0 Å². The number of carbonyl (C=O) groups is 2. The minimum atomic E-state index is -0.601. The Morgan fingerprint density at radius 2 is 1.88 bits per heavy atom. The van der Waals surface area contributed by atoms with Crippen LogP contribution in [0.3, 0.4) is 0 Å². The number of nitrogens with two attached hydrogens (primary N) is 1. The van der Waals surface area contributed by atoms with Crippen LogP contribution in [0.5, 0.6) is 0 Å². The van der Waals surface area contributed by atoms with Crippen molar-refractivity contribution in [3.05, 3.63) is 70.9 Å². The molecule has 0 fully saturated rings. The predicted molar refractivity (Wildman–Crippen MR) is 96.6 cm³/mol. The van der Waals surface area contributed by atoms with Gasteiger partial charge < -0.3 is 16.4 Å². The standard InChI is InChI=1S/C19H18N4O2/c1-12-7-8-17(13(2)9-12)23-18(24)14(10-20)11-22-19(25)15-5-3-4-6-16(15)21/h3-9,11H,21H2,1-2H3,(H,22,25)(H,23,24)/b14-11-.